The number of aliphatic hydroxyl groups is 1. The number of hydrogen-bond acceptors (Lipinski definition) is 6. The smallest absolute Gasteiger partial charge is 0.301 e. The lowest BCUT2D eigenvalue weighted by Gasteiger charge is -2.24. The van der Waals surface area contributed by atoms with Crippen molar-refractivity contribution in [3.63, 3.8) is 0 Å². The van der Waals surface area contributed by atoms with Gasteiger partial charge in [0, 0.05) is 16.0 Å². The minimum absolute atomic E-state index is 0.0150. The van der Waals surface area contributed by atoms with E-state index in [0.717, 1.165) is 10.6 Å². The Morgan fingerprint density at radius 3 is 2.37 bits per heavy atom. The average molecular weight is 420 g/mol. The molecule has 1 N–H and O–H groups in total. The molecule has 1 unspecified atom stereocenters. The fraction of sp³-hybridized carbons (Fsp3) is 0.174. The number of benzene rings is 2. The van der Waals surface area contributed by atoms with Crippen molar-refractivity contribution in [3.8, 4) is 5.75 Å². The first-order valence-electron chi connectivity index (χ1n) is 9.37. The largest absolute Gasteiger partial charge is 0.507 e. The number of hydrogen-bond donors (Lipinski definition) is 1. The highest BCUT2D eigenvalue weighted by molar-refractivity contribution is 7.16. The van der Waals surface area contributed by atoms with Crippen LogP contribution in [0.2, 0.25) is 0 Å². The molecule has 1 aromatic heterocycles. The summed E-state index contributed by atoms with van der Waals surface area (Å²) in [4.78, 5) is 33.0. The molecule has 3 aromatic rings. The number of amides is 1. The van der Waals surface area contributed by atoms with Crippen LogP contribution in [0.4, 0.5) is 5.13 Å². The Bertz CT molecular complexity index is 1150. The molecule has 2 aromatic carbocycles. The summed E-state index contributed by atoms with van der Waals surface area (Å²) in [5.41, 5.74) is 1.86. The Hall–Kier alpha value is -3.45. The third kappa shape index (κ3) is 3.17. The summed E-state index contributed by atoms with van der Waals surface area (Å²) in [5.74, 6) is -1.19. The van der Waals surface area contributed by atoms with E-state index in [-0.39, 0.29) is 11.3 Å². The number of para-hydroxylation sites is 1. The summed E-state index contributed by atoms with van der Waals surface area (Å²) in [5, 5.41) is 11.5. The first-order chi connectivity index (χ1) is 14.4. The van der Waals surface area contributed by atoms with Crippen molar-refractivity contribution in [3.05, 3.63) is 81.9 Å². The molecular formula is C23H20N2O4S. The van der Waals surface area contributed by atoms with Crippen LogP contribution in [0.15, 0.2) is 60.2 Å². The van der Waals surface area contributed by atoms with E-state index in [1.807, 2.05) is 26.0 Å². The second-order valence-corrected chi connectivity index (χ2v) is 8.10. The molecule has 2 heterocycles. The number of ether oxygens (including phenoxy) is 1. The predicted molar refractivity (Wildman–Crippen MR) is 116 cm³/mol. The van der Waals surface area contributed by atoms with Crippen molar-refractivity contribution in [1.29, 1.82) is 0 Å². The van der Waals surface area contributed by atoms with Gasteiger partial charge in [0.1, 0.15) is 17.6 Å². The Morgan fingerprint density at radius 1 is 1.07 bits per heavy atom. The predicted octanol–water partition coefficient (Wildman–Crippen LogP) is 4.39. The lowest BCUT2D eigenvalue weighted by atomic mass is 9.95. The van der Waals surface area contributed by atoms with Gasteiger partial charge in [-0.25, -0.2) is 4.98 Å². The van der Waals surface area contributed by atoms with Gasteiger partial charge in [-0.15, -0.1) is 11.3 Å². The number of rotatable bonds is 4. The molecule has 0 radical (unpaired) electrons. The topological polar surface area (TPSA) is 79.7 Å². The van der Waals surface area contributed by atoms with Crippen LogP contribution in [-0.4, -0.2) is 28.9 Å². The van der Waals surface area contributed by atoms with Gasteiger partial charge in [-0.05, 0) is 19.9 Å². The number of carbonyl (C=O) groups is 2. The summed E-state index contributed by atoms with van der Waals surface area (Å²) in [6.45, 7) is 3.77. The monoisotopic (exact) mass is 420 g/mol. The SMILES string of the molecule is COc1ccccc1C1C(=C(O)c2ccccc2)C(=O)C(=O)N1c1nc(C)c(C)s1. The van der Waals surface area contributed by atoms with Gasteiger partial charge in [0.05, 0.1) is 18.4 Å². The molecule has 6 nitrogen and oxygen atoms in total. The van der Waals surface area contributed by atoms with Crippen LogP contribution < -0.4 is 9.64 Å². The fourth-order valence-electron chi connectivity index (χ4n) is 3.53. The molecule has 0 saturated carbocycles. The molecule has 0 aliphatic carbocycles. The van der Waals surface area contributed by atoms with E-state index in [0.29, 0.717) is 22.0 Å². The van der Waals surface area contributed by atoms with Crippen LogP contribution in [0.25, 0.3) is 5.76 Å². The van der Waals surface area contributed by atoms with Gasteiger partial charge in [-0.3, -0.25) is 14.5 Å². The first kappa shape index (κ1) is 19.8. The van der Waals surface area contributed by atoms with E-state index in [2.05, 4.69) is 4.98 Å². The number of aliphatic hydroxyl groups excluding tert-OH is 1. The summed E-state index contributed by atoms with van der Waals surface area (Å²) in [6.07, 6.45) is 0. The van der Waals surface area contributed by atoms with Crippen molar-refractivity contribution in [2.24, 2.45) is 0 Å². The third-order valence-electron chi connectivity index (χ3n) is 5.15. The van der Waals surface area contributed by atoms with Crippen LogP contribution in [-0.2, 0) is 9.59 Å². The van der Waals surface area contributed by atoms with E-state index in [9.17, 15) is 14.7 Å². The number of anilines is 1. The lowest BCUT2D eigenvalue weighted by Crippen LogP contribution is -2.29. The molecule has 1 aliphatic rings. The summed E-state index contributed by atoms with van der Waals surface area (Å²) in [6, 6.07) is 15.0. The Balaban J connectivity index is 1.99. The Morgan fingerprint density at radius 2 is 1.73 bits per heavy atom. The molecule has 1 atom stereocenters. The van der Waals surface area contributed by atoms with Crippen molar-refractivity contribution in [2.45, 2.75) is 19.9 Å². The van der Waals surface area contributed by atoms with Gasteiger partial charge in [0.25, 0.3) is 5.78 Å². The first-order valence-corrected chi connectivity index (χ1v) is 10.2. The number of methoxy groups -OCH3 is 1. The molecule has 7 heteroatoms. The molecule has 1 amide bonds. The second-order valence-electron chi connectivity index (χ2n) is 6.92. The van der Waals surface area contributed by atoms with Gasteiger partial charge in [-0.1, -0.05) is 48.5 Å². The van der Waals surface area contributed by atoms with E-state index in [1.54, 1.807) is 42.5 Å². The number of thiazole rings is 1. The maximum Gasteiger partial charge on any atom is 0.301 e. The third-order valence-corrected chi connectivity index (χ3v) is 6.22. The maximum atomic E-state index is 13.1. The van der Waals surface area contributed by atoms with Gasteiger partial charge < -0.3 is 9.84 Å². The van der Waals surface area contributed by atoms with Gasteiger partial charge in [0.2, 0.25) is 0 Å². The zero-order chi connectivity index (χ0) is 21.4. The van der Waals surface area contributed by atoms with Gasteiger partial charge in [0.15, 0.2) is 5.13 Å². The standard InChI is InChI=1S/C23H20N2O4S/c1-13-14(2)30-23(24-13)25-19(16-11-7-8-12-17(16)29-3)18(21(27)22(25)28)20(26)15-9-5-4-6-10-15/h4-12,19,26H,1-3H3. The van der Waals surface area contributed by atoms with E-state index in [4.69, 9.17) is 4.74 Å². The number of carbonyl (C=O) groups excluding carboxylic acids is 2. The Labute approximate surface area is 178 Å². The van der Waals surface area contributed by atoms with Crippen LogP contribution in [0.3, 0.4) is 0 Å². The van der Waals surface area contributed by atoms with Crippen molar-refractivity contribution in [2.75, 3.05) is 12.0 Å². The van der Waals surface area contributed by atoms with Crippen molar-refractivity contribution in [1.82, 2.24) is 4.98 Å². The van der Waals surface area contributed by atoms with Crippen LogP contribution in [0.5, 0.6) is 5.75 Å². The summed E-state index contributed by atoms with van der Waals surface area (Å²) in [7, 11) is 1.53. The lowest BCUT2D eigenvalue weighted by molar-refractivity contribution is -0.132. The molecule has 1 aliphatic heterocycles. The molecule has 4 rings (SSSR count). The molecular weight excluding hydrogens is 400 g/mol. The van der Waals surface area contributed by atoms with E-state index < -0.39 is 17.7 Å². The summed E-state index contributed by atoms with van der Waals surface area (Å²) < 4.78 is 5.50. The summed E-state index contributed by atoms with van der Waals surface area (Å²) >= 11 is 1.34. The highest BCUT2D eigenvalue weighted by Gasteiger charge is 2.49. The molecule has 0 spiro atoms. The highest BCUT2D eigenvalue weighted by Crippen LogP contribution is 2.45. The number of Topliss-reactive ketones (excluding diaryl/α,β-unsaturated/α-hetero) is 1. The van der Waals surface area contributed by atoms with Crippen LogP contribution in [0.1, 0.15) is 27.7 Å². The average Bonchev–Trinajstić information content (AvgIpc) is 3.23. The van der Waals surface area contributed by atoms with Gasteiger partial charge in [-0.2, -0.15) is 0 Å². The fourth-order valence-corrected chi connectivity index (χ4v) is 4.46. The van der Waals surface area contributed by atoms with Crippen LogP contribution in [0, 0.1) is 13.8 Å². The van der Waals surface area contributed by atoms with E-state index >= 15 is 0 Å². The number of aromatic nitrogens is 1. The molecule has 30 heavy (non-hydrogen) atoms. The number of aryl methyl sites for hydroxylation is 2. The maximum absolute atomic E-state index is 13.1. The number of ketones is 1. The van der Waals surface area contributed by atoms with Gasteiger partial charge >= 0.3 is 5.91 Å². The molecule has 0 bridgehead atoms. The minimum Gasteiger partial charge on any atom is -0.507 e. The minimum atomic E-state index is -0.855. The molecule has 1 saturated heterocycles. The Kier molecular flexibility index (Phi) is 5.13. The van der Waals surface area contributed by atoms with Crippen molar-refractivity contribution >= 4 is 33.9 Å². The van der Waals surface area contributed by atoms with E-state index in [1.165, 1.54) is 23.3 Å². The zero-order valence-electron chi connectivity index (χ0n) is 16.7. The molecule has 1 fully saturated rings. The molecule has 152 valence electrons. The van der Waals surface area contributed by atoms with Crippen LogP contribution >= 0.6 is 11.3 Å². The highest BCUT2D eigenvalue weighted by atomic mass is 32.1. The number of nitrogens with zero attached hydrogens (tertiary/aromatic N) is 2. The normalized spacial score (nSPS) is 18.1. The quantitative estimate of drug-likeness (QED) is 0.385. The van der Waals surface area contributed by atoms with Crippen molar-refractivity contribution < 1.29 is 19.4 Å². The zero-order valence-corrected chi connectivity index (χ0v) is 17.6. The second kappa shape index (κ2) is 7.76.